The number of esters is 1. The first kappa shape index (κ1) is 17.0. The molecule has 1 heterocycles. The zero-order chi connectivity index (χ0) is 17.0. The van der Waals surface area contributed by atoms with E-state index in [1.807, 2.05) is 0 Å². The molecular formula is C16H14BrNO5. The van der Waals surface area contributed by atoms with E-state index >= 15 is 0 Å². The summed E-state index contributed by atoms with van der Waals surface area (Å²) < 4.78 is 10.5. The van der Waals surface area contributed by atoms with Crippen LogP contribution in [0.2, 0.25) is 0 Å². The van der Waals surface area contributed by atoms with Crippen molar-refractivity contribution in [1.82, 2.24) is 0 Å². The van der Waals surface area contributed by atoms with Crippen LogP contribution in [0.1, 0.15) is 34.8 Å². The molecule has 0 aliphatic rings. The maximum absolute atomic E-state index is 12.1. The number of anilines is 1. The second kappa shape index (κ2) is 7.23. The highest BCUT2D eigenvalue weighted by molar-refractivity contribution is 9.10. The Morgan fingerprint density at radius 1 is 1.22 bits per heavy atom. The molecule has 0 fully saturated rings. The van der Waals surface area contributed by atoms with Gasteiger partial charge in [0.25, 0.3) is 5.91 Å². The Labute approximate surface area is 140 Å². The molecule has 23 heavy (non-hydrogen) atoms. The molecule has 0 saturated heterocycles. The van der Waals surface area contributed by atoms with Gasteiger partial charge in [-0.25, -0.2) is 4.79 Å². The molecule has 1 atom stereocenters. The van der Waals surface area contributed by atoms with Crippen LogP contribution in [0.5, 0.6) is 0 Å². The molecule has 0 aliphatic heterocycles. The average Bonchev–Trinajstić information content (AvgIpc) is 2.94. The highest BCUT2D eigenvalue weighted by Crippen LogP contribution is 2.16. The molecule has 0 spiro atoms. The van der Waals surface area contributed by atoms with Gasteiger partial charge in [-0.05, 0) is 54.0 Å². The molecule has 6 nitrogen and oxygen atoms in total. The number of hydrogen-bond donors (Lipinski definition) is 1. The van der Waals surface area contributed by atoms with E-state index < -0.39 is 18.0 Å². The fraction of sp³-hybridized carbons (Fsp3) is 0.188. The van der Waals surface area contributed by atoms with Crippen molar-refractivity contribution in [2.24, 2.45) is 0 Å². The second-order valence-electron chi connectivity index (χ2n) is 4.78. The van der Waals surface area contributed by atoms with E-state index in [0.29, 0.717) is 15.9 Å². The Morgan fingerprint density at radius 2 is 1.96 bits per heavy atom. The molecule has 0 unspecified atom stereocenters. The van der Waals surface area contributed by atoms with Crippen LogP contribution < -0.4 is 5.32 Å². The lowest BCUT2D eigenvalue weighted by atomic mass is 10.1. The van der Waals surface area contributed by atoms with Crippen LogP contribution in [-0.4, -0.2) is 23.8 Å². The van der Waals surface area contributed by atoms with Gasteiger partial charge in [0.05, 0.1) is 0 Å². The normalized spacial score (nSPS) is 11.6. The van der Waals surface area contributed by atoms with Crippen molar-refractivity contribution in [3.8, 4) is 0 Å². The molecule has 0 radical (unpaired) electrons. The van der Waals surface area contributed by atoms with Gasteiger partial charge in [-0.3, -0.25) is 9.59 Å². The topological polar surface area (TPSA) is 85.6 Å². The molecule has 120 valence electrons. The number of hydrogen-bond acceptors (Lipinski definition) is 5. The Morgan fingerprint density at radius 3 is 2.57 bits per heavy atom. The predicted octanol–water partition coefficient (Wildman–Crippen LogP) is 3.43. The summed E-state index contributed by atoms with van der Waals surface area (Å²) in [6.45, 7) is 2.88. The Hall–Kier alpha value is -2.41. The van der Waals surface area contributed by atoms with Gasteiger partial charge in [0.2, 0.25) is 5.76 Å². The van der Waals surface area contributed by atoms with E-state index in [2.05, 4.69) is 21.2 Å². The van der Waals surface area contributed by atoms with Gasteiger partial charge >= 0.3 is 5.97 Å². The fourth-order valence-corrected chi connectivity index (χ4v) is 2.06. The molecule has 1 amide bonds. The minimum Gasteiger partial charge on any atom is -0.447 e. The summed E-state index contributed by atoms with van der Waals surface area (Å²) in [6.07, 6.45) is -1.02. The van der Waals surface area contributed by atoms with Crippen molar-refractivity contribution in [3.63, 3.8) is 0 Å². The number of Topliss-reactive ketones (excluding diaryl/α,β-unsaturated/α-hetero) is 1. The maximum Gasteiger partial charge on any atom is 0.375 e. The number of ketones is 1. The standard InChI is InChI=1S/C16H14BrNO5/c1-9(19)11-4-3-5-12(8-11)18-15(20)10(2)22-16(21)13-6-7-14(17)23-13/h3-8,10H,1-2H3,(H,18,20)/t10-/m0/s1. The predicted molar refractivity (Wildman–Crippen MR) is 86.4 cm³/mol. The van der Waals surface area contributed by atoms with Crippen molar-refractivity contribution in [2.45, 2.75) is 20.0 Å². The van der Waals surface area contributed by atoms with E-state index in [0.717, 1.165) is 0 Å². The van der Waals surface area contributed by atoms with Crippen molar-refractivity contribution in [2.75, 3.05) is 5.32 Å². The van der Waals surface area contributed by atoms with E-state index in [9.17, 15) is 14.4 Å². The van der Waals surface area contributed by atoms with Crippen LogP contribution in [0, 0.1) is 0 Å². The molecular weight excluding hydrogens is 366 g/mol. The Bertz CT molecular complexity index is 752. The van der Waals surface area contributed by atoms with Crippen molar-refractivity contribution in [1.29, 1.82) is 0 Å². The molecule has 7 heteroatoms. The number of rotatable bonds is 5. The van der Waals surface area contributed by atoms with Gasteiger partial charge < -0.3 is 14.5 Å². The van der Waals surface area contributed by atoms with E-state index in [1.165, 1.54) is 19.9 Å². The largest absolute Gasteiger partial charge is 0.447 e. The highest BCUT2D eigenvalue weighted by Gasteiger charge is 2.21. The number of benzene rings is 1. The summed E-state index contributed by atoms with van der Waals surface area (Å²) in [5, 5.41) is 2.59. The first-order chi connectivity index (χ1) is 10.9. The van der Waals surface area contributed by atoms with E-state index in [-0.39, 0.29) is 11.5 Å². The summed E-state index contributed by atoms with van der Waals surface area (Å²) in [5.41, 5.74) is 0.930. The fourth-order valence-electron chi connectivity index (χ4n) is 1.76. The lowest BCUT2D eigenvalue weighted by Gasteiger charge is -2.13. The molecule has 1 aromatic heterocycles. The van der Waals surface area contributed by atoms with Crippen LogP contribution in [0.25, 0.3) is 0 Å². The third-order valence-corrected chi connectivity index (χ3v) is 3.39. The summed E-state index contributed by atoms with van der Waals surface area (Å²) in [6, 6.07) is 9.49. The molecule has 1 N–H and O–H groups in total. The monoisotopic (exact) mass is 379 g/mol. The number of nitrogens with one attached hydrogen (secondary N) is 1. The SMILES string of the molecule is CC(=O)c1cccc(NC(=O)[C@H](C)OC(=O)c2ccc(Br)o2)c1. The zero-order valence-electron chi connectivity index (χ0n) is 12.5. The summed E-state index contributed by atoms with van der Waals surface area (Å²) >= 11 is 3.08. The molecule has 1 aromatic carbocycles. The Kier molecular flexibility index (Phi) is 5.33. The number of carbonyl (C=O) groups excluding carboxylic acids is 3. The van der Waals surface area contributed by atoms with E-state index in [1.54, 1.807) is 30.3 Å². The second-order valence-corrected chi connectivity index (χ2v) is 5.56. The third-order valence-electron chi connectivity index (χ3n) is 2.96. The Balaban J connectivity index is 1.98. The lowest BCUT2D eigenvalue weighted by Crippen LogP contribution is -2.29. The molecule has 0 saturated carbocycles. The van der Waals surface area contributed by atoms with Crippen LogP contribution in [0.3, 0.4) is 0 Å². The van der Waals surface area contributed by atoms with Gasteiger partial charge in [-0.1, -0.05) is 12.1 Å². The minimum atomic E-state index is -1.02. The van der Waals surface area contributed by atoms with Crippen LogP contribution in [-0.2, 0) is 9.53 Å². The van der Waals surface area contributed by atoms with Gasteiger partial charge in [-0.2, -0.15) is 0 Å². The molecule has 2 aromatic rings. The summed E-state index contributed by atoms with van der Waals surface area (Å²) in [5.74, 6) is -1.36. The van der Waals surface area contributed by atoms with E-state index in [4.69, 9.17) is 9.15 Å². The van der Waals surface area contributed by atoms with Crippen LogP contribution >= 0.6 is 15.9 Å². The van der Waals surface area contributed by atoms with Crippen LogP contribution in [0.4, 0.5) is 5.69 Å². The number of halogens is 1. The molecule has 0 bridgehead atoms. The first-order valence-electron chi connectivity index (χ1n) is 6.75. The zero-order valence-corrected chi connectivity index (χ0v) is 14.0. The first-order valence-corrected chi connectivity index (χ1v) is 7.54. The number of amides is 1. The highest BCUT2D eigenvalue weighted by atomic mass is 79.9. The van der Waals surface area contributed by atoms with Crippen molar-refractivity contribution < 1.29 is 23.5 Å². The maximum atomic E-state index is 12.1. The van der Waals surface area contributed by atoms with Crippen molar-refractivity contribution >= 4 is 39.3 Å². The number of carbonyl (C=O) groups is 3. The summed E-state index contributed by atoms with van der Waals surface area (Å²) in [4.78, 5) is 35.2. The lowest BCUT2D eigenvalue weighted by molar-refractivity contribution is -0.123. The number of furan rings is 1. The third kappa shape index (κ3) is 4.53. The average molecular weight is 380 g/mol. The van der Waals surface area contributed by atoms with Gasteiger partial charge in [0, 0.05) is 11.3 Å². The minimum absolute atomic E-state index is 0.00454. The van der Waals surface area contributed by atoms with Gasteiger partial charge in [0.15, 0.2) is 16.6 Å². The number of ether oxygens (including phenoxy) is 1. The quantitative estimate of drug-likeness (QED) is 0.635. The van der Waals surface area contributed by atoms with Gasteiger partial charge in [-0.15, -0.1) is 0 Å². The summed E-state index contributed by atoms with van der Waals surface area (Å²) in [7, 11) is 0. The van der Waals surface area contributed by atoms with Crippen LogP contribution in [0.15, 0.2) is 45.5 Å². The van der Waals surface area contributed by atoms with Gasteiger partial charge in [0.1, 0.15) is 0 Å². The molecule has 0 aliphatic carbocycles. The molecule has 2 rings (SSSR count). The smallest absolute Gasteiger partial charge is 0.375 e. The van der Waals surface area contributed by atoms with Crippen molar-refractivity contribution in [3.05, 3.63) is 52.4 Å².